The summed E-state index contributed by atoms with van der Waals surface area (Å²) in [7, 11) is 0. The topological polar surface area (TPSA) is 59.5 Å². The van der Waals surface area contributed by atoms with Gasteiger partial charge >= 0.3 is 0 Å². The molecule has 204 valence electrons. The van der Waals surface area contributed by atoms with Crippen LogP contribution in [-0.4, -0.2) is 20.7 Å². The predicted octanol–water partition coefficient (Wildman–Crippen LogP) is 7.73. The SMILES string of the molecule is [C-]#[N+]C1=C(O)C(C)(C)[C@@H]2CC[C@]3(C)C(=CC(=O)[C@@H]4[C@@H]5[C@@H](C)[C@H](C)CC[C@]5(n5cccn5)CC[C@]43C)[C@@]2(C)C1. The normalized spacial score (nSPS) is 47.7. The number of allylic oxidation sites excluding steroid dienone is 4. The van der Waals surface area contributed by atoms with Crippen LogP contribution < -0.4 is 0 Å². The summed E-state index contributed by atoms with van der Waals surface area (Å²) in [6.07, 6.45) is 13.0. The van der Waals surface area contributed by atoms with Crippen molar-refractivity contribution in [3.05, 3.63) is 53.0 Å². The van der Waals surface area contributed by atoms with Gasteiger partial charge in [0.05, 0.1) is 12.1 Å². The number of hydrogen-bond donors (Lipinski definition) is 1. The van der Waals surface area contributed by atoms with Crippen molar-refractivity contribution >= 4 is 5.78 Å². The molecule has 5 nitrogen and oxygen atoms in total. The van der Waals surface area contributed by atoms with Crippen LogP contribution >= 0.6 is 0 Å². The second kappa shape index (κ2) is 7.86. The van der Waals surface area contributed by atoms with Gasteiger partial charge in [0, 0.05) is 23.7 Å². The molecule has 6 rings (SSSR count). The molecule has 0 spiro atoms. The number of nitrogens with zero attached hydrogens (tertiary/aromatic N) is 3. The third kappa shape index (κ3) is 2.88. The zero-order valence-corrected chi connectivity index (χ0v) is 24.3. The highest BCUT2D eigenvalue weighted by atomic mass is 16.3. The van der Waals surface area contributed by atoms with Gasteiger partial charge in [0.15, 0.2) is 5.78 Å². The summed E-state index contributed by atoms with van der Waals surface area (Å²) in [4.78, 5) is 18.4. The lowest BCUT2D eigenvalue weighted by Crippen LogP contribution is -2.67. The highest BCUT2D eigenvalue weighted by molar-refractivity contribution is 5.95. The van der Waals surface area contributed by atoms with E-state index in [0.717, 1.165) is 32.1 Å². The van der Waals surface area contributed by atoms with E-state index in [0.29, 0.717) is 29.7 Å². The first-order valence-electron chi connectivity index (χ1n) is 14.8. The van der Waals surface area contributed by atoms with Crippen LogP contribution in [0, 0.1) is 57.8 Å². The van der Waals surface area contributed by atoms with Gasteiger partial charge in [0.2, 0.25) is 5.70 Å². The Labute approximate surface area is 228 Å². The molecular formula is C33H45N3O2. The number of rotatable bonds is 1. The molecule has 3 saturated carbocycles. The Balaban J connectivity index is 1.53. The molecule has 0 bridgehead atoms. The van der Waals surface area contributed by atoms with Gasteiger partial charge in [-0.15, -0.1) is 0 Å². The predicted molar refractivity (Wildman–Crippen MR) is 149 cm³/mol. The van der Waals surface area contributed by atoms with E-state index < -0.39 is 5.41 Å². The molecule has 5 heteroatoms. The summed E-state index contributed by atoms with van der Waals surface area (Å²) in [5.41, 5.74) is 0.574. The fourth-order valence-corrected chi connectivity index (χ4v) is 11.0. The van der Waals surface area contributed by atoms with Crippen molar-refractivity contribution in [2.24, 2.45) is 51.2 Å². The fourth-order valence-electron chi connectivity index (χ4n) is 11.0. The van der Waals surface area contributed by atoms with Crippen LogP contribution in [-0.2, 0) is 10.3 Å². The Kier molecular flexibility index (Phi) is 5.36. The van der Waals surface area contributed by atoms with Gasteiger partial charge in [-0.25, -0.2) is 4.85 Å². The summed E-state index contributed by atoms with van der Waals surface area (Å²) in [5, 5.41) is 15.9. The second-order valence-corrected chi connectivity index (χ2v) is 15.0. The van der Waals surface area contributed by atoms with Gasteiger partial charge in [-0.05, 0) is 97.0 Å². The molecule has 5 aliphatic carbocycles. The first kappa shape index (κ1) is 25.9. The van der Waals surface area contributed by atoms with Crippen molar-refractivity contribution in [3.63, 3.8) is 0 Å². The molecule has 0 radical (unpaired) electrons. The Bertz CT molecular complexity index is 1280. The molecule has 0 saturated heterocycles. The lowest BCUT2D eigenvalue weighted by atomic mass is 9.34. The van der Waals surface area contributed by atoms with E-state index in [9.17, 15) is 9.90 Å². The van der Waals surface area contributed by atoms with Crippen LogP contribution in [0.15, 0.2) is 41.6 Å². The molecule has 5 aliphatic rings. The van der Waals surface area contributed by atoms with Crippen LogP contribution in [0.3, 0.4) is 0 Å². The molecule has 0 amide bonds. The summed E-state index contributed by atoms with van der Waals surface area (Å²) < 4.78 is 2.23. The van der Waals surface area contributed by atoms with E-state index in [1.807, 2.05) is 12.3 Å². The van der Waals surface area contributed by atoms with E-state index in [-0.39, 0.29) is 45.3 Å². The summed E-state index contributed by atoms with van der Waals surface area (Å²) in [5.74, 6) is 2.00. The van der Waals surface area contributed by atoms with Gasteiger partial charge in [-0.1, -0.05) is 54.0 Å². The first-order valence-corrected chi connectivity index (χ1v) is 14.8. The minimum absolute atomic E-state index is 0.0343. The molecule has 3 fully saturated rings. The standard InChI is InChI=1S/C33H45N3O2/c1-20-10-13-33(36-17-9-16-35-36)15-14-32(7)27(26(33)21(20)2)23(37)18-25-30(5)19-22(34-8)28(38)29(3,4)24(30)11-12-31(25,32)6/h9,16-18,20-21,24,26-27,38H,10-15,19H2,1-7H3/t20-,21+,24+,26+,27-,30+,31-,32-,33+/m1/s1. The third-order valence-corrected chi connectivity index (χ3v) is 13.4. The quantitative estimate of drug-likeness (QED) is 0.389. The molecule has 0 aromatic carbocycles. The third-order valence-electron chi connectivity index (χ3n) is 13.4. The number of carbonyl (C=O) groups is 1. The number of aliphatic hydroxyl groups excluding tert-OH is 1. The first-order chi connectivity index (χ1) is 17.8. The molecule has 38 heavy (non-hydrogen) atoms. The number of fused-ring (bicyclic) bond motifs is 7. The van der Waals surface area contributed by atoms with Crippen molar-refractivity contribution in [1.82, 2.24) is 9.78 Å². The largest absolute Gasteiger partial charge is 0.523 e. The summed E-state index contributed by atoms with van der Waals surface area (Å²) in [6, 6.07) is 2.04. The summed E-state index contributed by atoms with van der Waals surface area (Å²) in [6.45, 7) is 24.0. The Hall–Kier alpha value is -2.35. The van der Waals surface area contributed by atoms with Crippen LogP contribution in [0.2, 0.25) is 0 Å². The highest BCUT2D eigenvalue weighted by Crippen LogP contribution is 2.75. The average Bonchev–Trinajstić information content (AvgIpc) is 3.41. The monoisotopic (exact) mass is 515 g/mol. The zero-order valence-electron chi connectivity index (χ0n) is 24.3. The number of hydrogen-bond acceptors (Lipinski definition) is 3. The smallest absolute Gasteiger partial charge is 0.203 e. The Morgan fingerprint density at radius 1 is 1.08 bits per heavy atom. The minimum Gasteiger partial charge on any atom is -0.523 e. The van der Waals surface area contributed by atoms with Crippen molar-refractivity contribution in [2.75, 3.05) is 0 Å². The molecule has 9 atom stereocenters. The molecule has 0 aliphatic heterocycles. The highest BCUT2D eigenvalue weighted by Gasteiger charge is 2.70. The van der Waals surface area contributed by atoms with Crippen LogP contribution in [0.25, 0.3) is 4.85 Å². The van der Waals surface area contributed by atoms with E-state index in [1.165, 1.54) is 12.0 Å². The maximum Gasteiger partial charge on any atom is 0.203 e. The number of aliphatic hydroxyl groups is 1. The van der Waals surface area contributed by atoms with E-state index in [1.54, 1.807) is 0 Å². The molecule has 1 N–H and O–H groups in total. The van der Waals surface area contributed by atoms with E-state index >= 15 is 0 Å². The molecular weight excluding hydrogens is 470 g/mol. The van der Waals surface area contributed by atoms with Crippen molar-refractivity contribution < 1.29 is 9.90 Å². The van der Waals surface area contributed by atoms with Gasteiger partial charge < -0.3 is 5.11 Å². The maximum atomic E-state index is 14.6. The van der Waals surface area contributed by atoms with Gasteiger partial charge in [0.1, 0.15) is 5.76 Å². The lowest BCUT2D eigenvalue weighted by molar-refractivity contribution is -0.176. The molecule has 1 aromatic heterocycles. The van der Waals surface area contributed by atoms with Crippen molar-refractivity contribution in [1.29, 1.82) is 0 Å². The van der Waals surface area contributed by atoms with Crippen molar-refractivity contribution in [2.45, 2.75) is 99.0 Å². The van der Waals surface area contributed by atoms with Gasteiger partial charge in [0.25, 0.3) is 0 Å². The zero-order chi connectivity index (χ0) is 27.5. The Morgan fingerprint density at radius 2 is 1.82 bits per heavy atom. The molecule has 1 heterocycles. The van der Waals surface area contributed by atoms with Crippen LogP contribution in [0.1, 0.15) is 93.4 Å². The number of ketones is 1. The number of carbonyl (C=O) groups excluding carboxylic acids is 1. The minimum atomic E-state index is -0.481. The average molecular weight is 516 g/mol. The van der Waals surface area contributed by atoms with Crippen molar-refractivity contribution in [3.8, 4) is 0 Å². The van der Waals surface area contributed by atoms with Crippen LogP contribution in [0.4, 0.5) is 0 Å². The lowest BCUT2D eigenvalue weighted by Gasteiger charge is -2.70. The molecule has 0 unspecified atom stereocenters. The summed E-state index contributed by atoms with van der Waals surface area (Å²) >= 11 is 0. The second-order valence-electron chi connectivity index (χ2n) is 15.0. The van der Waals surface area contributed by atoms with Crippen LogP contribution in [0.5, 0.6) is 0 Å². The van der Waals surface area contributed by atoms with E-state index in [2.05, 4.69) is 70.3 Å². The van der Waals surface area contributed by atoms with Gasteiger partial charge in [-0.2, -0.15) is 5.10 Å². The molecule has 1 aromatic rings. The number of aromatic nitrogens is 2. The van der Waals surface area contributed by atoms with Gasteiger partial charge in [-0.3, -0.25) is 9.48 Å². The maximum absolute atomic E-state index is 14.6. The van der Waals surface area contributed by atoms with E-state index in [4.69, 9.17) is 11.7 Å². The fraction of sp³-hybridized carbons (Fsp3) is 0.727. The Morgan fingerprint density at radius 3 is 2.47 bits per heavy atom.